The number of benzene rings is 2. The van der Waals surface area contributed by atoms with Gasteiger partial charge in [-0.15, -0.1) is 5.10 Å². The molecule has 8 nitrogen and oxygen atoms in total. The van der Waals surface area contributed by atoms with Crippen molar-refractivity contribution >= 4 is 28.5 Å². The SMILES string of the molecule is Nc1nc2ccccc2n2c(=O)n(Cc3ccccc3C(=O)O)nc12. The molecule has 0 aliphatic heterocycles. The van der Waals surface area contributed by atoms with Crippen LogP contribution in [0.25, 0.3) is 16.7 Å². The second-order valence-electron chi connectivity index (χ2n) is 5.55. The molecule has 8 heteroatoms. The highest BCUT2D eigenvalue weighted by atomic mass is 16.4. The number of rotatable bonds is 3. The first-order valence-electron chi connectivity index (χ1n) is 7.51. The molecule has 0 aliphatic carbocycles. The minimum atomic E-state index is -1.06. The molecule has 0 atom stereocenters. The third-order valence-electron chi connectivity index (χ3n) is 4.00. The molecule has 2 aromatic carbocycles. The van der Waals surface area contributed by atoms with Gasteiger partial charge in [-0.2, -0.15) is 0 Å². The Balaban J connectivity index is 1.95. The molecule has 4 aromatic rings. The van der Waals surface area contributed by atoms with E-state index >= 15 is 0 Å². The standard InChI is InChI=1S/C17H13N5O3/c18-14-15-20-21(9-10-5-1-2-6-11(10)16(23)24)17(25)22(15)13-8-4-3-7-12(13)19-14/h1-8H,9H2,(H2,18,19)(H,23,24). The number of carbonyl (C=O) groups is 1. The van der Waals surface area contributed by atoms with Crippen LogP contribution in [0.15, 0.2) is 53.3 Å². The zero-order chi connectivity index (χ0) is 17.6. The van der Waals surface area contributed by atoms with E-state index in [2.05, 4.69) is 10.1 Å². The first-order chi connectivity index (χ1) is 12.1. The van der Waals surface area contributed by atoms with E-state index in [-0.39, 0.29) is 23.6 Å². The molecule has 0 spiro atoms. The van der Waals surface area contributed by atoms with Crippen LogP contribution in [0.5, 0.6) is 0 Å². The molecule has 0 radical (unpaired) electrons. The first-order valence-corrected chi connectivity index (χ1v) is 7.51. The lowest BCUT2D eigenvalue weighted by atomic mass is 10.1. The van der Waals surface area contributed by atoms with Crippen molar-refractivity contribution in [1.29, 1.82) is 0 Å². The van der Waals surface area contributed by atoms with Crippen LogP contribution in [0.2, 0.25) is 0 Å². The molecule has 0 saturated carbocycles. The summed E-state index contributed by atoms with van der Waals surface area (Å²) in [6.07, 6.45) is 0. The maximum absolute atomic E-state index is 12.8. The van der Waals surface area contributed by atoms with Crippen molar-refractivity contribution in [2.45, 2.75) is 6.54 Å². The smallest absolute Gasteiger partial charge is 0.351 e. The predicted molar refractivity (Wildman–Crippen MR) is 91.7 cm³/mol. The summed E-state index contributed by atoms with van der Waals surface area (Å²) in [7, 11) is 0. The topological polar surface area (TPSA) is 116 Å². The Labute approximate surface area is 140 Å². The minimum absolute atomic E-state index is 0.0246. The van der Waals surface area contributed by atoms with E-state index in [1.54, 1.807) is 42.5 Å². The fourth-order valence-electron chi connectivity index (χ4n) is 2.85. The zero-order valence-electron chi connectivity index (χ0n) is 13.0. The normalized spacial score (nSPS) is 11.2. The maximum Gasteiger partial charge on any atom is 0.351 e. The number of fused-ring (bicyclic) bond motifs is 3. The fraction of sp³-hybridized carbons (Fsp3) is 0.0588. The molecule has 0 saturated heterocycles. The number of aromatic nitrogens is 4. The summed E-state index contributed by atoms with van der Waals surface area (Å²) >= 11 is 0. The Hall–Kier alpha value is -3.68. The van der Waals surface area contributed by atoms with E-state index in [1.807, 2.05) is 0 Å². The van der Waals surface area contributed by atoms with E-state index in [1.165, 1.54) is 15.1 Å². The molecular weight excluding hydrogens is 322 g/mol. The number of hydrogen-bond acceptors (Lipinski definition) is 5. The number of nitrogen functional groups attached to an aromatic ring is 1. The van der Waals surface area contributed by atoms with Gasteiger partial charge in [-0.1, -0.05) is 30.3 Å². The van der Waals surface area contributed by atoms with E-state index in [0.717, 1.165) is 0 Å². The van der Waals surface area contributed by atoms with Gasteiger partial charge >= 0.3 is 11.7 Å². The number of carboxylic acids is 1. The summed E-state index contributed by atoms with van der Waals surface area (Å²) in [5.41, 5.74) is 7.57. The van der Waals surface area contributed by atoms with Crippen LogP contribution in [0.4, 0.5) is 5.82 Å². The molecule has 0 aliphatic rings. The Morgan fingerprint density at radius 2 is 1.84 bits per heavy atom. The lowest BCUT2D eigenvalue weighted by Gasteiger charge is -2.04. The van der Waals surface area contributed by atoms with Gasteiger partial charge in [-0.05, 0) is 23.8 Å². The average Bonchev–Trinajstić information content (AvgIpc) is 2.93. The van der Waals surface area contributed by atoms with Gasteiger partial charge in [0.2, 0.25) is 5.65 Å². The molecule has 2 heterocycles. The van der Waals surface area contributed by atoms with Gasteiger partial charge in [-0.25, -0.2) is 23.7 Å². The number of para-hydroxylation sites is 2. The number of carboxylic acid groups (broad SMARTS) is 1. The van der Waals surface area contributed by atoms with Crippen LogP contribution in [0.3, 0.4) is 0 Å². The Kier molecular flexibility index (Phi) is 3.24. The van der Waals surface area contributed by atoms with Crippen LogP contribution >= 0.6 is 0 Å². The third kappa shape index (κ3) is 2.31. The molecular formula is C17H13N5O3. The third-order valence-corrected chi connectivity index (χ3v) is 4.00. The molecule has 0 unspecified atom stereocenters. The highest BCUT2D eigenvalue weighted by Gasteiger charge is 2.16. The molecule has 0 fully saturated rings. The fourth-order valence-corrected chi connectivity index (χ4v) is 2.85. The van der Waals surface area contributed by atoms with Crippen molar-refractivity contribution in [2.75, 3.05) is 5.73 Å². The summed E-state index contributed by atoms with van der Waals surface area (Å²) in [5, 5.41) is 13.5. The van der Waals surface area contributed by atoms with Gasteiger partial charge in [-0.3, -0.25) is 0 Å². The van der Waals surface area contributed by atoms with E-state index < -0.39 is 11.7 Å². The zero-order valence-corrected chi connectivity index (χ0v) is 13.0. The van der Waals surface area contributed by atoms with Crippen molar-refractivity contribution in [3.63, 3.8) is 0 Å². The van der Waals surface area contributed by atoms with Gasteiger partial charge in [0.1, 0.15) is 0 Å². The number of nitrogens with zero attached hydrogens (tertiary/aromatic N) is 4. The minimum Gasteiger partial charge on any atom is -0.478 e. The highest BCUT2D eigenvalue weighted by Crippen LogP contribution is 2.17. The number of nitrogens with two attached hydrogens (primary N) is 1. The second-order valence-corrected chi connectivity index (χ2v) is 5.55. The Morgan fingerprint density at radius 3 is 2.64 bits per heavy atom. The van der Waals surface area contributed by atoms with Crippen LogP contribution in [0, 0.1) is 0 Å². The number of aromatic carboxylic acids is 1. The van der Waals surface area contributed by atoms with E-state index in [9.17, 15) is 14.7 Å². The van der Waals surface area contributed by atoms with E-state index in [4.69, 9.17) is 5.73 Å². The molecule has 0 bridgehead atoms. The largest absolute Gasteiger partial charge is 0.478 e. The maximum atomic E-state index is 12.8. The molecule has 25 heavy (non-hydrogen) atoms. The summed E-state index contributed by atoms with van der Waals surface area (Å²) in [4.78, 5) is 28.4. The van der Waals surface area contributed by atoms with Crippen molar-refractivity contribution in [2.24, 2.45) is 0 Å². The van der Waals surface area contributed by atoms with Gasteiger partial charge < -0.3 is 10.8 Å². The van der Waals surface area contributed by atoms with E-state index in [0.29, 0.717) is 16.6 Å². The van der Waals surface area contributed by atoms with Crippen molar-refractivity contribution < 1.29 is 9.90 Å². The quantitative estimate of drug-likeness (QED) is 0.584. The van der Waals surface area contributed by atoms with Gasteiger partial charge in [0.25, 0.3) is 0 Å². The van der Waals surface area contributed by atoms with Crippen LogP contribution in [0.1, 0.15) is 15.9 Å². The first kappa shape index (κ1) is 14.9. The van der Waals surface area contributed by atoms with Gasteiger partial charge in [0, 0.05) is 0 Å². The molecule has 3 N–H and O–H groups in total. The summed E-state index contributed by atoms with van der Waals surface area (Å²) < 4.78 is 2.59. The summed E-state index contributed by atoms with van der Waals surface area (Å²) in [5.74, 6) is -0.917. The van der Waals surface area contributed by atoms with Crippen LogP contribution in [-0.4, -0.2) is 30.2 Å². The average molecular weight is 335 g/mol. The van der Waals surface area contributed by atoms with Gasteiger partial charge in [0.15, 0.2) is 5.82 Å². The molecule has 4 rings (SSSR count). The van der Waals surface area contributed by atoms with Crippen molar-refractivity contribution in [3.8, 4) is 0 Å². The summed E-state index contributed by atoms with van der Waals surface area (Å²) in [6, 6.07) is 13.6. The molecule has 124 valence electrons. The van der Waals surface area contributed by atoms with Crippen molar-refractivity contribution in [3.05, 3.63) is 70.1 Å². The lowest BCUT2D eigenvalue weighted by Crippen LogP contribution is -2.23. The number of hydrogen-bond donors (Lipinski definition) is 2. The number of anilines is 1. The van der Waals surface area contributed by atoms with Crippen LogP contribution in [-0.2, 0) is 6.54 Å². The second kappa shape index (κ2) is 5.45. The molecule has 2 aromatic heterocycles. The van der Waals surface area contributed by atoms with Gasteiger partial charge in [0.05, 0.1) is 23.1 Å². The lowest BCUT2D eigenvalue weighted by molar-refractivity contribution is 0.0695. The van der Waals surface area contributed by atoms with Crippen LogP contribution < -0.4 is 11.4 Å². The molecule has 0 amide bonds. The Morgan fingerprint density at radius 1 is 1.12 bits per heavy atom. The Bertz CT molecular complexity index is 1190. The monoisotopic (exact) mass is 335 g/mol. The summed E-state index contributed by atoms with van der Waals surface area (Å²) in [6.45, 7) is 0.0246. The predicted octanol–water partition coefficient (Wildman–Crippen LogP) is 1.37. The highest BCUT2D eigenvalue weighted by molar-refractivity contribution is 5.89. The van der Waals surface area contributed by atoms with Crippen molar-refractivity contribution in [1.82, 2.24) is 19.2 Å².